The molecule has 17 heavy (non-hydrogen) atoms. The molecule has 0 spiro atoms. The summed E-state index contributed by atoms with van der Waals surface area (Å²) in [4.78, 5) is 22.9. The Morgan fingerprint density at radius 3 is 2.35 bits per heavy atom. The highest BCUT2D eigenvalue weighted by atomic mass is 31.2. The van der Waals surface area contributed by atoms with Gasteiger partial charge in [0.15, 0.2) is 14.2 Å². The molecule has 98 valence electrons. The quantitative estimate of drug-likeness (QED) is 0.530. The van der Waals surface area contributed by atoms with Crippen LogP contribution in [0, 0.1) is 0 Å². The first-order valence-corrected chi connectivity index (χ1v) is 6.29. The van der Waals surface area contributed by atoms with Crippen LogP contribution in [-0.4, -0.2) is 45.4 Å². The van der Waals surface area contributed by atoms with E-state index >= 15 is 0 Å². The molecule has 1 amide bonds. The third kappa shape index (κ3) is 6.36. The summed E-state index contributed by atoms with van der Waals surface area (Å²) in [6.45, 7) is 3.53. The van der Waals surface area contributed by atoms with Gasteiger partial charge >= 0.3 is 6.09 Å². The van der Waals surface area contributed by atoms with Crippen LogP contribution in [0.25, 0.3) is 0 Å². The number of ketones is 1. The maximum Gasteiger partial charge on any atom is 0.407 e. The topological polar surface area (TPSA) is 73.9 Å². The third-order valence-electron chi connectivity index (χ3n) is 1.96. The van der Waals surface area contributed by atoms with Crippen LogP contribution in [0.3, 0.4) is 0 Å². The van der Waals surface area contributed by atoms with Crippen LogP contribution < -0.4 is 5.32 Å². The minimum Gasteiger partial charge on any atom is -0.453 e. The monoisotopic (exact) mass is 263 g/mol. The lowest BCUT2D eigenvalue weighted by atomic mass is 10.1. The number of alkyl carbamates (subject to hydrolysis) is 1. The van der Waals surface area contributed by atoms with Crippen molar-refractivity contribution in [3.8, 4) is 0 Å². The van der Waals surface area contributed by atoms with Gasteiger partial charge in [0.2, 0.25) is 0 Å². The Kier molecular flexibility index (Phi) is 8.58. The van der Waals surface area contributed by atoms with Crippen LogP contribution in [0.1, 0.15) is 6.42 Å². The molecule has 0 radical (unpaired) electrons. The average Bonchev–Trinajstić information content (AvgIpc) is 2.34. The largest absolute Gasteiger partial charge is 0.453 e. The Balaban J connectivity index is 4.42. The van der Waals surface area contributed by atoms with Gasteiger partial charge in [-0.1, -0.05) is 6.08 Å². The van der Waals surface area contributed by atoms with E-state index in [1.165, 1.54) is 21.3 Å². The number of carbonyl (C=O) groups is 2. The lowest BCUT2D eigenvalue weighted by molar-refractivity contribution is -0.118. The van der Waals surface area contributed by atoms with Gasteiger partial charge in [-0.15, -0.1) is 6.58 Å². The van der Waals surface area contributed by atoms with Crippen LogP contribution in [0.5, 0.6) is 0 Å². The second kappa shape index (κ2) is 9.10. The summed E-state index contributed by atoms with van der Waals surface area (Å²) in [5, 5.41) is 2.44. The zero-order chi connectivity index (χ0) is 13.3. The predicted molar refractivity (Wildman–Crippen MR) is 65.0 cm³/mol. The summed E-state index contributed by atoms with van der Waals surface area (Å²) in [5.74, 6) is -0.176. The summed E-state index contributed by atoms with van der Waals surface area (Å²) < 4.78 is 14.4. The van der Waals surface area contributed by atoms with Gasteiger partial charge in [0.05, 0.1) is 19.3 Å². The van der Waals surface area contributed by atoms with Crippen LogP contribution in [0.4, 0.5) is 4.79 Å². The molecule has 0 rings (SSSR count). The number of rotatable bonds is 8. The first-order chi connectivity index (χ1) is 8.08. The van der Waals surface area contributed by atoms with E-state index in [2.05, 4.69) is 16.6 Å². The number of ether oxygens (including phenoxy) is 1. The SMILES string of the molecule is C=CC[C@H](NC(=O)OC)C(=O)CP(OC)OC. The Morgan fingerprint density at radius 1 is 1.35 bits per heavy atom. The normalized spacial score (nSPS) is 12.0. The van der Waals surface area contributed by atoms with Crippen molar-refractivity contribution in [1.82, 2.24) is 5.32 Å². The molecule has 0 saturated carbocycles. The average molecular weight is 263 g/mol. The lowest BCUT2D eigenvalue weighted by Crippen LogP contribution is -2.41. The van der Waals surface area contributed by atoms with Crippen molar-refractivity contribution >= 4 is 20.3 Å². The number of amides is 1. The molecule has 6 nitrogen and oxygen atoms in total. The minimum absolute atomic E-state index is 0.116. The zero-order valence-electron chi connectivity index (χ0n) is 10.3. The van der Waals surface area contributed by atoms with E-state index in [4.69, 9.17) is 9.05 Å². The third-order valence-corrected chi connectivity index (χ3v) is 3.35. The van der Waals surface area contributed by atoms with Crippen molar-refractivity contribution in [3.05, 3.63) is 12.7 Å². The maximum atomic E-state index is 11.9. The highest BCUT2D eigenvalue weighted by Crippen LogP contribution is 2.35. The van der Waals surface area contributed by atoms with Crippen molar-refractivity contribution in [2.45, 2.75) is 12.5 Å². The van der Waals surface area contributed by atoms with Crippen molar-refractivity contribution in [1.29, 1.82) is 0 Å². The van der Waals surface area contributed by atoms with Gasteiger partial charge in [-0.05, 0) is 6.42 Å². The van der Waals surface area contributed by atoms with Gasteiger partial charge in [0.25, 0.3) is 0 Å². The second-order valence-electron chi connectivity index (χ2n) is 3.04. The molecule has 0 heterocycles. The number of methoxy groups -OCH3 is 1. The number of hydrogen-bond acceptors (Lipinski definition) is 5. The van der Waals surface area contributed by atoms with E-state index in [1.54, 1.807) is 6.08 Å². The Morgan fingerprint density at radius 2 is 1.94 bits per heavy atom. The van der Waals surface area contributed by atoms with Crippen molar-refractivity contribution in [3.63, 3.8) is 0 Å². The molecule has 0 aliphatic heterocycles. The Bertz CT molecular complexity index is 267. The molecule has 0 saturated heterocycles. The van der Waals surface area contributed by atoms with Crippen molar-refractivity contribution < 1.29 is 23.4 Å². The molecule has 0 unspecified atom stereocenters. The predicted octanol–water partition coefficient (Wildman–Crippen LogP) is 1.46. The Labute approximate surface area is 102 Å². The number of Topliss-reactive ketones (excluding diaryl/α,β-unsaturated/α-hetero) is 1. The van der Waals surface area contributed by atoms with E-state index in [0.29, 0.717) is 6.42 Å². The number of hydrogen-bond donors (Lipinski definition) is 1. The Hall–Kier alpha value is -0.970. The molecule has 1 N–H and O–H groups in total. The fraction of sp³-hybridized carbons (Fsp3) is 0.600. The summed E-state index contributed by atoms with van der Waals surface area (Å²) in [6, 6.07) is -0.657. The lowest BCUT2D eigenvalue weighted by Gasteiger charge is -2.17. The van der Waals surface area contributed by atoms with E-state index < -0.39 is 20.5 Å². The fourth-order valence-electron chi connectivity index (χ4n) is 1.08. The molecule has 0 bridgehead atoms. The van der Waals surface area contributed by atoms with Crippen LogP contribution >= 0.6 is 8.38 Å². The molecule has 7 heteroatoms. The van der Waals surface area contributed by atoms with Crippen molar-refractivity contribution in [2.24, 2.45) is 0 Å². The highest BCUT2D eigenvalue weighted by Gasteiger charge is 2.23. The summed E-state index contributed by atoms with van der Waals surface area (Å²) >= 11 is 0. The molecule has 0 aromatic rings. The number of nitrogens with one attached hydrogen (secondary N) is 1. The van der Waals surface area contributed by atoms with E-state index in [9.17, 15) is 9.59 Å². The summed E-state index contributed by atoms with van der Waals surface area (Å²) in [7, 11) is 2.94. The van der Waals surface area contributed by atoms with Gasteiger partial charge in [-0.2, -0.15) is 0 Å². The molecule has 0 fully saturated rings. The second-order valence-corrected chi connectivity index (χ2v) is 4.75. The smallest absolute Gasteiger partial charge is 0.407 e. The molecule has 0 aliphatic carbocycles. The minimum atomic E-state index is -1.24. The molecule has 1 atom stereocenters. The fourth-order valence-corrected chi connectivity index (χ4v) is 1.96. The zero-order valence-corrected chi connectivity index (χ0v) is 11.2. The van der Waals surface area contributed by atoms with Gasteiger partial charge in [0.1, 0.15) is 0 Å². The molecule has 0 aromatic carbocycles. The van der Waals surface area contributed by atoms with Crippen LogP contribution in [-0.2, 0) is 18.6 Å². The molecular weight excluding hydrogens is 245 g/mol. The highest BCUT2D eigenvalue weighted by molar-refractivity contribution is 7.48. The van der Waals surface area contributed by atoms with Crippen molar-refractivity contribution in [2.75, 3.05) is 27.5 Å². The maximum absolute atomic E-state index is 11.9. The molecule has 0 aliphatic rings. The first-order valence-electron chi connectivity index (χ1n) is 4.92. The van der Waals surface area contributed by atoms with Gasteiger partial charge in [0, 0.05) is 14.2 Å². The van der Waals surface area contributed by atoms with Crippen LogP contribution in [0.2, 0.25) is 0 Å². The summed E-state index contributed by atoms with van der Waals surface area (Å²) in [6.07, 6.45) is 1.36. The van der Waals surface area contributed by atoms with E-state index in [0.717, 1.165) is 0 Å². The van der Waals surface area contributed by atoms with Crippen LogP contribution in [0.15, 0.2) is 12.7 Å². The first kappa shape index (κ1) is 16.0. The number of carbonyl (C=O) groups excluding carboxylic acids is 2. The summed E-state index contributed by atoms with van der Waals surface area (Å²) in [5.41, 5.74) is 0. The van der Waals surface area contributed by atoms with E-state index in [-0.39, 0.29) is 11.9 Å². The van der Waals surface area contributed by atoms with E-state index in [1.807, 2.05) is 0 Å². The molecular formula is C10H18NO5P. The standard InChI is InChI=1S/C10H18NO5P/c1-5-6-8(11-10(13)14-2)9(12)7-17(15-3)16-4/h5,8H,1,6-7H2,2-4H3,(H,11,13)/t8-/m0/s1. The van der Waals surface area contributed by atoms with Gasteiger partial charge in [-0.3, -0.25) is 4.79 Å². The van der Waals surface area contributed by atoms with Gasteiger partial charge < -0.3 is 19.1 Å². The molecule has 0 aromatic heterocycles. The van der Waals surface area contributed by atoms with Gasteiger partial charge in [-0.25, -0.2) is 4.79 Å².